The summed E-state index contributed by atoms with van der Waals surface area (Å²) >= 11 is 3.37. The van der Waals surface area contributed by atoms with Crippen LogP contribution >= 0.6 is 15.9 Å². The number of piperidine rings is 2. The van der Waals surface area contributed by atoms with Gasteiger partial charge in [0.05, 0.1) is 16.7 Å². The zero-order valence-corrected chi connectivity index (χ0v) is 21.3. The van der Waals surface area contributed by atoms with Crippen LogP contribution in [0.2, 0.25) is 0 Å². The number of likely N-dealkylation sites (tertiary alicyclic amines) is 2. The summed E-state index contributed by atoms with van der Waals surface area (Å²) in [5.74, 6) is 1.44. The first-order valence-corrected chi connectivity index (χ1v) is 13.6. The number of hydrogen-bond donors (Lipinski definition) is 0. The molecule has 0 N–H and O–H groups in total. The number of aromatic nitrogens is 2. The van der Waals surface area contributed by atoms with Gasteiger partial charge >= 0.3 is 6.01 Å². The van der Waals surface area contributed by atoms with Crippen LogP contribution in [0.3, 0.4) is 0 Å². The SMILES string of the molecule is CC1CCC(C(=O)N2CCC3(CC2)CC(N2CCCC(Oc4ncc(Br)cn4)C2)CO3)CC1. The maximum Gasteiger partial charge on any atom is 0.316 e. The molecule has 0 radical (unpaired) electrons. The van der Waals surface area contributed by atoms with E-state index >= 15 is 0 Å². The van der Waals surface area contributed by atoms with Gasteiger partial charge in [-0.3, -0.25) is 9.69 Å². The van der Waals surface area contributed by atoms with Crippen molar-refractivity contribution in [2.24, 2.45) is 11.8 Å². The van der Waals surface area contributed by atoms with Crippen LogP contribution in [0.5, 0.6) is 6.01 Å². The van der Waals surface area contributed by atoms with Gasteiger partial charge in [-0.25, -0.2) is 9.97 Å². The highest BCUT2D eigenvalue weighted by atomic mass is 79.9. The molecule has 1 aromatic rings. The zero-order chi connectivity index (χ0) is 22.8. The summed E-state index contributed by atoms with van der Waals surface area (Å²) in [4.78, 5) is 26.2. The Morgan fingerprint density at radius 1 is 1.12 bits per heavy atom. The van der Waals surface area contributed by atoms with E-state index in [0.717, 1.165) is 88.1 Å². The first-order chi connectivity index (χ1) is 16.0. The Morgan fingerprint density at radius 3 is 2.58 bits per heavy atom. The van der Waals surface area contributed by atoms with Gasteiger partial charge in [-0.2, -0.15) is 0 Å². The minimum atomic E-state index is -0.0505. The van der Waals surface area contributed by atoms with Crippen LogP contribution in [0.1, 0.15) is 64.7 Å². The van der Waals surface area contributed by atoms with Crippen molar-refractivity contribution in [3.63, 3.8) is 0 Å². The number of halogens is 1. The lowest BCUT2D eigenvalue weighted by molar-refractivity contribution is -0.141. The molecule has 3 aliphatic heterocycles. The Kier molecular flexibility index (Phi) is 7.23. The average molecular weight is 522 g/mol. The molecule has 182 valence electrons. The van der Waals surface area contributed by atoms with Crippen LogP contribution < -0.4 is 4.74 Å². The van der Waals surface area contributed by atoms with Gasteiger partial charge in [-0.15, -0.1) is 0 Å². The van der Waals surface area contributed by atoms with Crippen molar-refractivity contribution >= 4 is 21.8 Å². The van der Waals surface area contributed by atoms with Gasteiger partial charge in [0.1, 0.15) is 6.10 Å². The molecule has 1 aromatic heterocycles. The monoisotopic (exact) mass is 520 g/mol. The molecule has 4 heterocycles. The van der Waals surface area contributed by atoms with Gasteiger partial charge in [0.25, 0.3) is 0 Å². The number of amides is 1. The van der Waals surface area contributed by atoms with Crippen molar-refractivity contribution in [1.29, 1.82) is 0 Å². The summed E-state index contributed by atoms with van der Waals surface area (Å²) in [6, 6.07) is 0.887. The number of nitrogens with zero attached hydrogens (tertiary/aromatic N) is 4. The van der Waals surface area contributed by atoms with E-state index in [0.29, 0.717) is 18.0 Å². The number of carbonyl (C=O) groups excluding carboxylic acids is 1. The number of ether oxygens (including phenoxy) is 2. The number of carbonyl (C=O) groups is 1. The zero-order valence-electron chi connectivity index (χ0n) is 19.8. The molecule has 2 unspecified atom stereocenters. The molecule has 5 rings (SSSR count). The Labute approximate surface area is 205 Å². The predicted octanol–water partition coefficient (Wildman–Crippen LogP) is 4.06. The molecule has 1 amide bonds. The van der Waals surface area contributed by atoms with Crippen molar-refractivity contribution < 1.29 is 14.3 Å². The maximum atomic E-state index is 13.0. The van der Waals surface area contributed by atoms with E-state index in [1.54, 1.807) is 12.4 Å². The second-order valence-electron chi connectivity index (χ2n) is 10.7. The Bertz CT molecular complexity index is 806. The van der Waals surface area contributed by atoms with Gasteiger partial charge in [0, 0.05) is 44.0 Å². The van der Waals surface area contributed by atoms with Crippen LogP contribution in [0, 0.1) is 11.8 Å². The summed E-state index contributed by atoms with van der Waals surface area (Å²) < 4.78 is 13.4. The summed E-state index contributed by atoms with van der Waals surface area (Å²) in [6.45, 7) is 6.79. The first-order valence-electron chi connectivity index (χ1n) is 12.8. The molecule has 33 heavy (non-hydrogen) atoms. The summed E-state index contributed by atoms with van der Waals surface area (Å²) in [5.41, 5.74) is -0.0505. The van der Waals surface area contributed by atoms with E-state index in [9.17, 15) is 4.79 Å². The second-order valence-corrected chi connectivity index (χ2v) is 11.6. The summed E-state index contributed by atoms with van der Waals surface area (Å²) in [5, 5.41) is 0. The fraction of sp³-hybridized carbons (Fsp3) is 0.800. The number of hydrogen-bond acceptors (Lipinski definition) is 6. The van der Waals surface area contributed by atoms with Gasteiger partial charge < -0.3 is 14.4 Å². The maximum absolute atomic E-state index is 13.0. The lowest BCUT2D eigenvalue weighted by atomic mass is 9.81. The molecule has 3 saturated heterocycles. The highest BCUT2D eigenvalue weighted by Gasteiger charge is 2.46. The number of rotatable bonds is 4. The molecule has 0 bridgehead atoms. The molecule has 2 atom stereocenters. The van der Waals surface area contributed by atoms with Crippen molar-refractivity contribution in [2.45, 2.75) is 82.5 Å². The van der Waals surface area contributed by atoms with Crippen LogP contribution in [-0.2, 0) is 9.53 Å². The molecule has 1 spiro atoms. The predicted molar refractivity (Wildman–Crippen MR) is 129 cm³/mol. The van der Waals surface area contributed by atoms with Crippen molar-refractivity contribution in [3.05, 3.63) is 16.9 Å². The lowest BCUT2D eigenvalue weighted by Gasteiger charge is -2.41. The van der Waals surface area contributed by atoms with Crippen LogP contribution in [0.4, 0.5) is 0 Å². The van der Waals surface area contributed by atoms with Crippen molar-refractivity contribution in [2.75, 3.05) is 32.8 Å². The fourth-order valence-corrected chi connectivity index (χ4v) is 6.41. The molecule has 4 fully saturated rings. The summed E-state index contributed by atoms with van der Waals surface area (Å²) in [7, 11) is 0. The normalized spacial score (nSPS) is 32.7. The molecule has 7 nitrogen and oxygen atoms in total. The van der Waals surface area contributed by atoms with E-state index in [2.05, 4.69) is 42.6 Å². The van der Waals surface area contributed by atoms with E-state index in [1.165, 1.54) is 12.8 Å². The molecule has 8 heteroatoms. The van der Waals surface area contributed by atoms with Gasteiger partial charge in [-0.05, 0) is 86.2 Å². The van der Waals surface area contributed by atoms with Gasteiger partial charge in [-0.1, -0.05) is 6.92 Å². The van der Waals surface area contributed by atoms with Crippen LogP contribution in [-0.4, -0.2) is 76.2 Å². The van der Waals surface area contributed by atoms with Crippen LogP contribution in [0.15, 0.2) is 16.9 Å². The van der Waals surface area contributed by atoms with Crippen molar-refractivity contribution in [3.8, 4) is 6.01 Å². The smallest absolute Gasteiger partial charge is 0.316 e. The molecule has 1 saturated carbocycles. The van der Waals surface area contributed by atoms with Crippen molar-refractivity contribution in [1.82, 2.24) is 19.8 Å². The third kappa shape index (κ3) is 5.54. The molecule has 1 aliphatic carbocycles. The quantitative estimate of drug-likeness (QED) is 0.596. The average Bonchev–Trinajstić information content (AvgIpc) is 3.25. The minimum absolute atomic E-state index is 0.0505. The van der Waals surface area contributed by atoms with E-state index < -0.39 is 0 Å². The first kappa shape index (κ1) is 23.5. The van der Waals surface area contributed by atoms with Crippen LogP contribution in [0.25, 0.3) is 0 Å². The standard InChI is InChI=1S/C25H37BrN4O3/c1-18-4-6-19(7-5-18)23(31)29-11-8-25(9-12-29)13-21(17-32-25)30-10-2-3-22(16-30)33-24-27-14-20(26)15-28-24/h14-15,18-19,21-22H,2-13,16-17H2,1H3. The molecular formula is C25H37BrN4O3. The Hall–Kier alpha value is -1.25. The Balaban J connectivity index is 1.11. The Morgan fingerprint density at radius 2 is 1.85 bits per heavy atom. The molecular weight excluding hydrogens is 484 g/mol. The van der Waals surface area contributed by atoms with Gasteiger partial charge in [0.2, 0.25) is 5.91 Å². The molecule has 0 aromatic carbocycles. The molecule has 4 aliphatic rings. The minimum Gasteiger partial charge on any atom is -0.459 e. The third-order valence-electron chi connectivity index (χ3n) is 8.34. The van der Waals surface area contributed by atoms with E-state index in [4.69, 9.17) is 9.47 Å². The highest BCUT2D eigenvalue weighted by Crippen LogP contribution is 2.39. The highest BCUT2D eigenvalue weighted by molar-refractivity contribution is 9.10. The fourth-order valence-electron chi connectivity index (χ4n) is 6.21. The second kappa shape index (κ2) is 10.2. The topological polar surface area (TPSA) is 67.8 Å². The van der Waals surface area contributed by atoms with E-state index in [-0.39, 0.29) is 17.6 Å². The van der Waals surface area contributed by atoms with Gasteiger partial charge in [0.15, 0.2) is 0 Å². The largest absolute Gasteiger partial charge is 0.459 e. The summed E-state index contributed by atoms with van der Waals surface area (Å²) in [6.07, 6.45) is 13.3. The lowest BCUT2D eigenvalue weighted by Crippen LogP contribution is -2.50. The van der Waals surface area contributed by atoms with E-state index in [1.807, 2.05) is 0 Å². The third-order valence-corrected chi connectivity index (χ3v) is 8.75.